The van der Waals surface area contributed by atoms with E-state index in [1.807, 2.05) is 6.07 Å². The molecule has 1 saturated heterocycles. The molecule has 0 saturated carbocycles. The Morgan fingerprint density at radius 1 is 1.24 bits per heavy atom. The van der Waals surface area contributed by atoms with Crippen LogP contribution in [-0.4, -0.2) is 39.9 Å². The summed E-state index contributed by atoms with van der Waals surface area (Å²) in [5.74, 6) is 1.91. The van der Waals surface area contributed by atoms with Crippen LogP contribution < -0.4 is 5.32 Å². The highest BCUT2D eigenvalue weighted by Crippen LogP contribution is 2.39. The minimum absolute atomic E-state index is 0.0214. The van der Waals surface area contributed by atoms with Crippen LogP contribution in [0.15, 0.2) is 45.6 Å². The number of carbonyl (C=O) groups excluding carboxylic acids is 2. The van der Waals surface area contributed by atoms with Crippen LogP contribution in [0.4, 0.5) is 5.13 Å². The highest BCUT2D eigenvalue weighted by molar-refractivity contribution is 8.00. The molecular weight excluding hydrogens is 362 g/mol. The van der Waals surface area contributed by atoms with Gasteiger partial charge in [0.2, 0.25) is 11.8 Å². The van der Waals surface area contributed by atoms with Crippen LogP contribution in [0, 0.1) is 0 Å². The van der Waals surface area contributed by atoms with Gasteiger partial charge in [-0.1, -0.05) is 11.3 Å². The smallest absolute Gasteiger partial charge is 0.245 e. The molecule has 25 heavy (non-hydrogen) atoms. The van der Waals surface area contributed by atoms with Gasteiger partial charge in [0.05, 0.1) is 24.2 Å². The van der Waals surface area contributed by atoms with E-state index < -0.39 is 0 Å². The van der Waals surface area contributed by atoms with E-state index in [0.717, 1.165) is 4.88 Å². The fraction of sp³-hybridized carbons (Fsp3) is 0.188. The first-order valence-electron chi connectivity index (χ1n) is 7.44. The summed E-state index contributed by atoms with van der Waals surface area (Å²) in [4.78, 5) is 30.6. The first kappa shape index (κ1) is 16.0. The van der Waals surface area contributed by atoms with Crippen molar-refractivity contribution in [3.63, 3.8) is 0 Å². The number of carbonyl (C=O) groups is 2. The molecule has 3 aromatic rings. The van der Waals surface area contributed by atoms with Crippen molar-refractivity contribution in [3.8, 4) is 22.1 Å². The first-order valence-corrected chi connectivity index (χ1v) is 9.42. The lowest BCUT2D eigenvalue weighted by Crippen LogP contribution is -2.34. The molecular formula is C16H13N3O4S2. The van der Waals surface area contributed by atoms with Crippen LogP contribution in [0.25, 0.3) is 22.1 Å². The van der Waals surface area contributed by atoms with E-state index in [-0.39, 0.29) is 18.4 Å². The van der Waals surface area contributed by atoms with E-state index in [1.165, 1.54) is 28.0 Å². The van der Waals surface area contributed by atoms with Crippen LogP contribution in [0.3, 0.4) is 0 Å². The predicted octanol–water partition coefficient (Wildman–Crippen LogP) is 3.13. The average molecular weight is 375 g/mol. The molecule has 1 aliphatic rings. The Morgan fingerprint density at radius 3 is 2.64 bits per heavy atom. The number of furan rings is 2. The third-order valence-corrected chi connectivity index (χ3v) is 5.46. The van der Waals surface area contributed by atoms with Crippen LogP contribution in [0.2, 0.25) is 0 Å². The molecule has 2 amide bonds. The third kappa shape index (κ3) is 3.33. The molecule has 4 heterocycles. The van der Waals surface area contributed by atoms with Gasteiger partial charge in [-0.2, -0.15) is 0 Å². The van der Waals surface area contributed by atoms with Gasteiger partial charge in [0.1, 0.15) is 22.9 Å². The Balaban J connectivity index is 1.57. The Labute approximate surface area is 151 Å². The number of nitrogens with zero attached hydrogens (tertiary/aromatic N) is 2. The molecule has 128 valence electrons. The number of aromatic nitrogens is 1. The summed E-state index contributed by atoms with van der Waals surface area (Å²) in [6.07, 6.45) is 3.14. The number of anilines is 1. The highest BCUT2D eigenvalue weighted by Gasteiger charge is 2.24. The lowest BCUT2D eigenvalue weighted by atomic mass is 10.2. The molecule has 0 unspecified atom stereocenters. The van der Waals surface area contributed by atoms with Crippen LogP contribution in [0.1, 0.15) is 0 Å². The van der Waals surface area contributed by atoms with Gasteiger partial charge in [-0.15, -0.1) is 11.8 Å². The van der Waals surface area contributed by atoms with Crippen molar-refractivity contribution >= 4 is 40.0 Å². The van der Waals surface area contributed by atoms with Gasteiger partial charge in [0, 0.05) is 0 Å². The fourth-order valence-corrected chi connectivity index (χ4v) is 4.26. The molecule has 0 aliphatic carbocycles. The summed E-state index contributed by atoms with van der Waals surface area (Å²) in [6, 6.07) is 7.18. The van der Waals surface area contributed by atoms with E-state index >= 15 is 0 Å². The topological polar surface area (TPSA) is 88.6 Å². The third-order valence-electron chi connectivity index (χ3n) is 3.53. The van der Waals surface area contributed by atoms with Gasteiger partial charge in [0.15, 0.2) is 10.9 Å². The van der Waals surface area contributed by atoms with E-state index in [0.29, 0.717) is 34.0 Å². The second-order valence-electron chi connectivity index (χ2n) is 5.27. The van der Waals surface area contributed by atoms with Crippen molar-refractivity contribution in [3.05, 3.63) is 36.8 Å². The van der Waals surface area contributed by atoms with Crippen LogP contribution >= 0.6 is 23.1 Å². The van der Waals surface area contributed by atoms with E-state index in [9.17, 15) is 9.59 Å². The molecule has 1 fully saturated rings. The standard InChI is InChI=1S/C16H13N3O4S2/c20-12(7-19-9-24-8-13(19)21)17-16-18-14(10-3-1-5-22-10)15(25-16)11-4-2-6-23-11/h1-6H,7-9H2,(H,17,18,20). The largest absolute Gasteiger partial charge is 0.463 e. The van der Waals surface area contributed by atoms with Crippen molar-refractivity contribution < 1.29 is 18.4 Å². The molecule has 3 aromatic heterocycles. The maximum Gasteiger partial charge on any atom is 0.245 e. The zero-order valence-corrected chi connectivity index (χ0v) is 14.6. The zero-order chi connectivity index (χ0) is 17.2. The lowest BCUT2D eigenvalue weighted by molar-refractivity contribution is -0.130. The zero-order valence-electron chi connectivity index (χ0n) is 12.9. The van der Waals surface area contributed by atoms with E-state index in [2.05, 4.69) is 10.3 Å². The molecule has 7 nitrogen and oxygen atoms in total. The van der Waals surface area contributed by atoms with Gasteiger partial charge in [-0.05, 0) is 24.3 Å². The molecule has 4 rings (SSSR count). The number of hydrogen-bond acceptors (Lipinski definition) is 7. The Hall–Kier alpha value is -2.52. The molecule has 9 heteroatoms. The predicted molar refractivity (Wildman–Crippen MR) is 95.2 cm³/mol. The number of hydrogen-bond donors (Lipinski definition) is 1. The summed E-state index contributed by atoms with van der Waals surface area (Å²) < 4.78 is 10.9. The molecule has 0 aromatic carbocycles. The van der Waals surface area contributed by atoms with Crippen molar-refractivity contribution in [1.29, 1.82) is 0 Å². The SMILES string of the molecule is O=C(CN1CSCC1=O)Nc1nc(-c2ccco2)c(-c2ccco2)s1. The number of rotatable bonds is 5. The van der Waals surface area contributed by atoms with Crippen LogP contribution in [0.5, 0.6) is 0 Å². The maximum atomic E-state index is 12.2. The normalized spacial score (nSPS) is 14.2. The van der Waals surface area contributed by atoms with Crippen molar-refractivity contribution in [2.24, 2.45) is 0 Å². The minimum Gasteiger partial charge on any atom is -0.463 e. The summed E-state index contributed by atoms with van der Waals surface area (Å²) in [5, 5.41) is 3.19. The number of thiazole rings is 1. The Bertz CT molecular complexity index is 835. The van der Waals surface area contributed by atoms with Gasteiger partial charge < -0.3 is 19.1 Å². The molecule has 0 atom stereocenters. The van der Waals surface area contributed by atoms with E-state index in [4.69, 9.17) is 8.83 Å². The molecule has 0 radical (unpaired) electrons. The van der Waals surface area contributed by atoms with Gasteiger partial charge in [0.25, 0.3) is 0 Å². The second-order valence-corrected chi connectivity index (χ2v) is 7.22. The summed E-state index contributed by atoms with van der Waals surface area (Å²) >= 11 is 2.80. The first-order chi connectivity index (χ1) is 12.2. The van der Waals surface area contributed by atoms with Crippen molar-refractivity contribution in [1.82, 2.24) is 9.88 Å². The van der Waals surface area contributed by atoms with Gasteiger partial charge >= 0.3 is 0 Å². The monoisotopic (exact) mass is 375 g/mol. The Morgan fingerprint density at radius 2 is 2.00 bits per heavy atom. The van der Waals surface area contributed by atoms with Gasteiger partial charge in [-0.25, -0.2) is 4.98 Å². The molecule has 0 spiro atoms. The van der Waals surface area contributed by atoms with Gasteiger partial charge in [-0.3, -0.25) is 9.59 Å². The number of thioether (sulfide) groups is 1. The molecule has 1 aliphatic heterocycles. The summed E-state index contributed by atoms with van der Waals surface area (Å²) in [6.45, 7) is 0.0254. The van der Waals surface area contributed by atoms with E-state index in [1.54, 1.807) is 30.7 Å². The van der Waals surface area contributed by atoms with Crippen LogP contribution in [-0.2, 0) is 9.59 Å². The molecule has 1 N–H and O–H groups in total. The number of amides is 2. The minimum atomic E-state index is -0.276. The maximum absolute atomic E-state index is 12.2. The Kier molecular flexibility index (Phi) is 4.33. The van der Waals surface area contributed by atoms with Crippen molar-refractivity contribution in [2.75, 3.05) is 23.5 Å². The fourth-order valence-electron chi connectivity index (χ4n) is 2.40. The number of nitrogens with one attached hydrogen (secondary N) is 1. The summed E-state index contributed by atoms with van der Waals surface area (Å²) in [7, 11) is 0. The molecule has 0 bridgehead atoms. The quantitative estimate of drug-likeness (QED) is 0.737. The average Bonchev–Trinajstić information content (AvgIpc) is 3.35. The highest BCUT2D eigenvalue weighted by atomic mass is 32.2. The summed E-state index contributed by atoms with van der Waals surface area (Å²) in [5.41, 5.74) is 0.605. The van der Waals surface area contributed by atoms with Crippen molar-refractivity contribution in [2.45, 2.75) is 0 Å². The second kappa shape index (κ2) is 6.77. The lowest BCUT2D eigenvalue weighted by Gasteiger charge is -2.12.